The standard InChI is InChI=1S/C33H44N4O8/c1-21(45-33(2,3)4)27(37-32(42)44-20-23-14-10-7-11-15-23)30(40)35-25(18-22-12-8-6-9-13-22)29(39)36-26(31(41)43-5)19-24-16-17-34-28(24)38/h6-15,21,24-27H,16-20H2,1-5H3,(H,34,38)(H,35,40)(H,36,39)(H,37,42)/t21?,24-,25-,26-,27-/m0/s1. The third-order valence-electron chi connectivity index (χ3n) is 7.18. The van der Waals surface area contributed by atoms with E-state index in [2.05, 4.69) is 21.3 Å². The van der Waals surface area contributed by atoms with Crippen LogP contribution in [0, 0.1) is 5.92 Å². The molecule has 3 rings (SSSR count). The number of ether oxygens (including phenoxy) is 3. The van der Waals surface area contributed by atoms with E-state index in [-0.39, 0.29) is 25.4 Å². The van der Waals surface area contributed by atoms with Crippen LogP contribution in [0.1, 0.15) is 51.7 Å². The highest BCUT2D eigenvalue weighted by atomic mass is 16.6. The lowest BCUT2D eigenvalue weighted by atomic mass is 9.97. The Morgan fingerprint density at radius 3 is 2.04 bits per heavy atom. The van der Waals surface area contributed by atoms with Gasteiger partial charge in [-0.15, -0.1) is 0 Å². The monoisotopic (exact) mass is 624 g/mol. The van der Waals surface area contributed by atoms with Crippen LogP contribution in [0.3, 0.4) is 0 Å². The van der Waals surface area contributed by atoms with Gasteiger partial charge in [0.05, 0.1) is 18.8 Å². The topological polar surface area (TPSA) is 161 Å². The molecule has 1 aliphatic rings. The molecule has 5 atom stereocenters. The number of carbonyl (C=O) groups excluding carboxylic acids is 5. The van der Waals surface area contributed by atoms with Gasteiger partial charge in [-0.1, -0.05) is 60.7 Å². The summed E-state index contributed by atoms with van der Waals surface area (Å²) in [7, 11) is 1.20. The summed E-state index contributed by atoms with van der Waals surface area (Å²) in [5.74, 6) is -2.73. The highest BCUT2D eigenvalue weighted by Gasteiger charge is 2.36. The summed E-state index contributed by atoms with van der Waals surface area (Å²) in [6.45, 7) is 7.55. The molecule has 12 nitrogen and oxygen atoms in total. The van der Waals surface area contributed by atoms with E-state index < -0.39 is 59.6 Å². The van der Waals surface area contributed by atoms with Crippen LogP contribution in [0.15, 0.2) is 60.7 Å². The van der Waals surface area contributed by atoms with Crippen molar-refractivity contribution in [3.05, 3.63) is 71.8 Å². The minimum absolute atomic E-state index is 0.0114. The average molecular weight is 625 g/mol. The Kier molecular flexibility index (Phi) is 12.9. The largest absolute Gasteiger partial charge is 0.467 e. The number of benzene rings is 2. The second-order valence-electron chi connectivity index (χ2n) is 12.0. The van der Waals surface area contributed by atoms with Crippen molar-refractivity contribution >= 4 is 29.8 Å². The molecule has 4 N–H and O–H groups in total. The first kappa shape index (κ1) is 35.0. The molecule has 2 aromatic carbocycles. The smallest absolute Gasteiger partial charge is 0.408 e. The van der Waals surface area contributed by atoms with Crippen molar-refractivity contribution in [3.8, 4) is 0 Å². The quantitative estimate of drug-likeness (QED) is 0.233. The molecular weight excluding hydrogens is 580 g/mol. The molecule has 4 amide bonds. The number of hydrogen-bond acceptors (Lipinski definition) is 8. The normalized spacial score (nSPS) is 17.2. The molecule has 0 saturated carbocycles. The maximum absolute atomic E-state index is 13.8. The van der Waals surface area contributed by atoms with Crippen LogP contribution in [0.4, 0.5) is 4.79 Å². The first-order chi connectivity index (χ1) is 21.4. The summed E-state index contributed by atoms with van der Waals surface area (Å²) < 4.78 is 16.3. The van der Waals surface area contributed by atoms with Gasteiger partial charge in [-0.05, 0) is 51.7 Å². The highest BCUT2D eigenvalue weighted by molar-refractivity contribution is 5.93. The lowest BCUT2D eigenvalue weighted by Crippen LogP contribution is -2.59. The van der Waals surface area contributed by atoms with E-state index in [9.17, 15) is 24.0 Å². The molecule has 1 aliphatic heterocycles. The molecule has 1 heterocycles. The van der Waals surface area contributed by atoms with Crippen molar-refractivity contribution in [3.63, 3.8) is 0 Å². The summed E-state index contributed by atoms with van der Waals surface area (Å²) in [4.78, 5) is 65.1. The predicted molar refractivity (Wildman–Crippen MR) is 166 cm³/mol. The van der Waals surface area contributed by atoms with Crippen LogP contribution >= 0.6 is 0 Å². The molecule has 1 unspecified atom stereocenters. The molecule has 244 valence electrons. The van der Waals surface area contributed by atoms with E-state index in [0.29, 0.717) is 13.0 Å². The molecule has 1 saturated heterocycles. The third kappa shape index (κ3) is 11.5. The van der Waals surface area contributed by atoms with Gasteiger partial charge in [0.25, 0.3) is 0 Å². The summed E-state index contributed by atoms with van der Waals surface area (Å²) in [5.41, 5.74) is 0.852. The summed E-state index contributed by atoms with van der Waals surface area (Å²) in [6, 6.07) is 14.6. The van der Waals surface area contributed by atoms with Crippen LogP contribution in [0.2, 0.25) is 0 Å². The summed E-state index contributed by atoms with van der Waals surface area (Å²) in [5, 5.41) is 10.7. The molecule has 2 aromatic rings. The number of methoxy groups -OCH3 is 1. The second kappa shape index (κ2) is 16.6. The fourth-order valence-electron chi connectivity index (χ4n) is 5.02. The zero-order valence-corrected chi connectivity index (χ0v) is 26.5. The van der Waals surface area contributed by atoms with Crippen molar-refractivity contribution < 1.29 is 38.2 Å². The number of alkyl carbamates (subject to hydrolysis) is 1. The van der Waals surface area contributed by atoms with E-state index in [4.69, 9.17) is 14.2 Å². The minimum Gasteiger partial charge on any atom is -0.467 e. The first-order valence-corrected chi connectivity index (χ1v) is 15.0. The Hall–Kier alpha value is -4.45. The molecule has 1 fully saturated rings. The number of carbonyl (C=O) groups is 5. The van der Waals surface area contributed by atoms with Gasteiger partial charge in [-0.25, -0.2) is 9.59 Å². The minimum atomic E-state index is -1.24. The zero-order chi connectivity index (χ0) is 33.0. The van der Waals surface area contributed by atoms with E-state index in [1.54, 1.807) is 43.3 Å². The molecule has 0 radical (unpaired) electrons. The lowest BCUT2D eigenvalue weighted by Gasteiger charge is -2.31. The van der Waals surface area contributed by atoms with E-state index in [0.717, 1.165) is 11.1 Å². The van der Waals surface area contributed by atoms with Gasteiger partial charge >= 0.3 is 12.1 Å². The molecule has 0 aromatic heterocycles. The second-order valence-corrected chi connectivity index (χ2v) is 12.0. The van der Waals surface area contributed by atoms with Gasteiger partial charge in [0.1, 0.15) is 24.7 Å². The maximum atomic E-state index is 13.8. The lowest BCUT2D eigenvalue weighted by molar-refractivity contribution is -0.146. The van der Waals surface area contributed by atoms with Crippen LogP contribution < -0.4 is 21.3 Å². The Morgan fingerprint density at radius 1 is 0.889 bits per heavy atom. The predicted octanol–water partition coefficient (Wildman–Crippen LogP) is 2.40. The maximum Gasteiger partial charge on any atom is 0.408 e. The molecule has 0 bridgehead atoms. The summed E-state index contributed by atoms with van der Waals surface area (Å²) in [6.07, 6.45) is -1.02. The summed E-state index contributed by atoms with van der Waals surface area (Å²) >= 11 is 0. The van der Waals surface area contributed by atoms with Crippen molar-refractivity contribution in [2.24, 2.45) is 5.92 Å². The molecule has 0 aliphatic carbocycles. The number of nitrogens with one attached hydrogen (secondary N) is 4. The van der Waals surface area contributed by atoms with E-state index in [1.165, 1.54) is 7.11 Å². The SMILES string of the molecule is COC(=O)[C@H](C[C@@H]1CCNC1=O)NC(=O)[C@H](Cc1ccccc1)NC(=O)[C@@H](NC(=O)OCc1ccccc1)C(C)OC(C)(C)C. The van der Waals surface area contributed by atoms with Crippen LogP contribution in [-0.2, 0) is 46.4 Å². The Balaban J connectivity index is 1.81. The number of amides is 4. The van der Waals surface area contributed by atoms with Gasteiger partial charge < -0.3 is 35.5 Å². The Labute approximate surface area is 263 Å². The molecular formula is C33H44N4O8. The zero-order valence-electron chi connectivity index (χ0n) is 26.5. The number of hydrogen-bond donors (Lipinski definition) is 4. The van der Waals surface area contributed by atoms with Crippen molar-refractivity contribution in [2.75, 3.05) is 13.7 Å². The van der Waals surface area contributed by atoms with E-state index >= 15 is 0 Å². The van der Waals surface area contributed by atoms with Gasteiger partial charge in [0.15, 0.2) is 0 Å². The van der Waals surface area contributed by atoms with Gasteiger partial charge in [0, 0.05) is 18.9 Å². The molecule has 45 heavy (non-hydrogen) atoms. The first-order valence-electron chi connectivity index (χ1n) is 15.0. The van der Waals surface area contributed by atoms with Gasteiger partial charge in [-0.2, -0.15) is 0 Å². The van der Waals surface area contributed by atoms with E-state index in [1.807, 2.05) is 45.0 Å². The van der Waals surface area contributed by atoms with Crippen LogP contribution in [0.25, 0.3) is 0 Å². The number of esters is 1. The van der Waals surface area contributed by atoms with Crippen LogP contribution in [-0.4, -0.2) is 73.3 Å². The number of rotatable bonds is 14. The fraction of sp³-hybridized carbons (Fsp3) is 0.485. The fourth-order valence-corrected chi connectivity index (χ4v) is 5.02. The average Bonchev–Trinajstić information content (AvgIpc) is 3.41. The van der Waals surface area contributed by atoms with Gasteiger partial charge in [-0.3, -0.25) is 14.4 Å². The third-order valence-corrected chi connectivity index (χ3v) is 7.18. The molecule has 12 heteroatoms. The Morgan fingerprint density at radius 2 is 1.49 bits per heavy atom. The van der Waals surface area contributed by atoms with Crippen molar-refractivity contribution in [2.45, 2.75) is 83.4 Å². The Bertz CT molecular complexity index is 1300. The van der Waals surface area contributed by atoms with Crippen molar-refractivity contribution in [1.82, 2.24) is 21.3 Å². The highest BCUT2D eigenvalue weighted by Crippen LogP contribution is 2.18. The van der Waals surface area contributed by atoms with Crippen LogP contribution in [0.5, 0.6) is 0 Å². The van der Waals surface area contributed by atoms with Crippen molar-refractivity contribution in [1.29, 1.82) is 0 Å². The molecule has 0 spiro atoms. The van der Waals surface area contributed by atoms with Gasteiger partial charge in [0.2, 0.25) is 17.7 Å².